The molecule has 2 aromatic carbocycles. The predicted molar refractivity (Wildman–Crippen MR) is 210 cm³/mol. The van der Waals surface area contributed by atoms with Crippen molar-refractivity contribution in [3.8, 4) is 0 Å². The van der Waals surface area contributed by atoms with Crippen molar-refractivity contribution < 1.29 is 21.2 Å². The number of nitrogens with zero attached hydrogens (tertiary/aromatic N) is 2. The maximum atomic E-state index is 11.2. The zero-order chi connectivity index (χ0) is 34.5. The Morgan fingerprint density at radius 3 is 1.44 bits per heavy atom. The number of allylic oxidation sites excluding steroid dienone is 2. The van der Waals surface area contributed by atoms with Gasteiger partial charge in [-0.2, -0.15) is 12.8 Å². The Morgan fingerprint density at radius 1 is 0.521 bits per heavy atom. The average Bonchev–Trinajstić information content (AvgIpc) is 3.42. The van der Waals surface area contributed by atoms with E-state index in [0.717, 1.165) is 48.2 Å². The minimum atomic E-state index is 0. The van der Waals surface area contributed by atoms with Crippen molar-refractivity contribution in [1.82, 2.24) is 0 Å². The van der Waals surface area contributed by atoms with Crippen LogP contribution in [0.4, 0.5) is 0 Å². The first-order valence-electron chi connectivity index (χ1n) is 19.7. The van der Waals surface area contributed by atoms with Gasteiger partial charge in [-0.3, -0.25) is 0 Å². The van der Waals surface area contributed by atoms with E-state index in [2.05, 4.69) is 103 Å². The fraction of sp³-hybridized carbons (Fsp3) is 0.600. The molecule has 0 spiro atoms. The van der Waals surface area contributed by atoms with Crippen molar-refractivity contribution >= 4 is 11.4 Å². The number of hydrogen-bond acceptors (Lipinski definition) is 0. The van der Waals surface area contributed by atoms with Crippen LogP contribution in [0, 0.1) is 20.8 Å². The molecule has 3 heteroatoms. The summed E-state index contributed by atoms with van der Waals surface area (Å²) >= 11 is 0. The smallest absolute Gasteiger partial charge is 0.493 e. The van der Waals surface area contributed by atoms with Crippen molar-refractivity contribution in [3.05, 3.63) is 102 Å². The molecule has 0 unspecified atom stereocenters. The summed E-state index contributed by atoms with van der Waals surface area (Å²) in [6.45, 7) is 18.6. The summed E-state index contributed by atoms with van der Waals surface area (Å²) in [5.74, 6) is 0. The second-order valence-corrected chi connectivity index (χ2v) is 13.4. The molecule has 0 radical (unpaired) electrons. The summed E-state index contributed by atoms with van der Waals surface area (Å²) in [4.78, 5) is 0. The number of benzene rings is 2. The van der Waals surface area contributed by atoms with E-state index >= 15 is 0 Å². The van der Waals surface area contributed by atoms with Gasteiger partial charge in [0.25, 0.3) is 0 Å². The molecule has 0 N–H and O–H groups in total. The van der Waals surface area contributed by atoms with Crippen LogP contribution in [0.1, 0.15) is 185 Å². The van der Waals surface area contributed by atoms with Crippen LogP contribution >= 0.6 is 0 Å². The van der Waals surface area contributed by atoms with Gasteiger partial charge in [0.15, 0.2) is 0 Å². The van der Waals surface area contributed by atoms with Crippen LogP contribution in [-0.4, -0.2) is 4.70 Å². The Balaban J connectivity index is 0.00000108. The van der Waals surface area contributed by atoms with Gasteiger partial charge in [-0.05, 0) is 62.4 Å². The zero-order valence-electron chi connectivity index (χ0n) is 31.9. The van der Waals surface area contributed by atoms with Gasteiger partial charge in [0.2, 0.25) is 11.4 Å². The third kappa shape index (κ3) is 19.9. The molecule has 0 aromatic heterocycles. The van der Waals surface area contributed by atoms with E-state index < -0.39 is 0 Å². The number of aryl methyl sites for hydroxylation is 2. The SMILES string of the molecule is CCCCCCCCC1=C(c2ccc(C)cc2)[N+](=[N-])C(c2ccc(CCCC)cc2)=C1.[CH2-]CCCCCCC.[CH2-]CCCCCCC.[Ni+2]. The number of hydrogen-bond donors (Lipinski definition) is 0. The quantitative estimate of drug-likeness (QED) is 0.0506. The van der Waals surface area contributed by atoms with Gasteiger partial charge in [0.05, 0.1) is 0 Å². The maximum absolute atomic E-state index is 11.2. The molecule has 272 valence electrons. The fourth-order valence-corrected chi connectivity index (χ4v) is 5.85. The minimum Gasteiger partial charge on any atom is -0.493 e. The molecule has 0 amide bonds. The molecule has 0 atom stereocenters. The van der Waals surface area contributed by atoms with Crippen LogP contribution in [0.15, 0.2) is 60.2 Å². The molecule has 1 heterocycles. The maximum Gasteiger partial charge on any atom is 2.00 e. The third-order valence-corrected chi connectivity index (χ3v) is 8.96. The van der Waals surface area contributed by atoms with E-state index in [1.165, 1.54) is 137 Å². The predicted octanol–water partition coefficient (Wildman–Crippen LogP) is 15.2. The van der Waals surface area contributed by atoms with Gasteiger partial charge in [0, 0.05) is 22.8 Å². The van der Waals surface area contributed by atoms with Crippen molar-refractivity contribution in [1.29, 1.82) is 0 Å². The third-order valence-electron chi connectivity index (χ3n) is 8.96. The molecule has 0 bridgehead atoms. The molecule has 48 heavy (non-hydrogen) atoms. The second-order valence-electron chi connectivity index (χ2n) is 13.4. The molecule has 0 saturated heterocycles. The standard InChI is InChI=1S/C29H38N2.2C8H17.Ni/c1-4-6-8-9-10-11-13-27-22-28(25-20-16-24(17-21-25)12-7-5-2)31(30)29(27)26-18-14-23(3)15-19-26;2*1-3-5-7-8-6-4-2;/h14-22H,4-13H2,1-3H3;2*1,3-8H2,2H3;/q;2*-1;+2. The molecule has 0 fully saturated rings. The molecule has 3 rings (SSSR count). The van der Waals surface area contributed by atoms with E-state index in [9.17, 15) is 5.53 Å². The Labute approximate surface area is 309 Å². The zero-order valence-corrected chi connectivity index (χ0v) is 32.9. The van der Waals surface area contributed by atoms with Crippen LogP contribution in [0.25, 0.3) is 16.9 Å². The van der Waals surface area contributed by atoms with E-state index in [-0.39, 0.29) is 16.5 Å². The largest absolute Gasteiger partial charge is 2.00 e. The van der Waals surface area contributed by atoms with Crippen LogP contribution in [0.5, 0.6) is 0 Å². The van der Waals surface area contributed by atoms with Gasteiger partial charge in [-0.25, -0.2) is 4.70 Å². The molecule has 0 aliphatic carbocycles. The number of rotatable bonds is 22. The molecule has 1 aliphatic heterocycles. The Morgan fingerprint density at radius 2 is 0.958 bits per heavy atom. The topological polar surface area (TPSA) is 25.3 Å². The molecule has 2 aromatic rings. The number of unbranched alkanes of at least 4 members (excludes halogenated alkanes) is 16. The normalized spacial score (nSPS) is 12.1. The average molecular weight is 700 g/mol. The van der Waals surface area contributed by atoms with Gasteiger partial charge in [-0.1, -0.05) is 160 Å². The first-order valence-corrected chi connectivity index (χ1v) is 19.7. The van der Waals surface area contributed by atoms with Crippen LogP contribution in [0.3, 0.4) is 0 Å². The summed E-state index contributed by atoms with van der Waals surface area (Å²) in [7, 11) is 0. The van der Waals surface area contributed by atoms with Gasteiger partial charge in [-0.15, -0.1) is 0 Å². The molecular weight excluding hydrogens is 627 g/mol. The molecular formula is C45H72N2Ni. The Hall–Kier alpha value is -1.99. The van der Waals surface area contributed by atoms with Crippen LogP contribution in [0.2, 0.25) is 0 Å². The monoisotopic (exact) mass is 699 g/mol. The van der Waals surface area contributed by atoms with Crippen molar-refractivity contribution in [2.45, 2.75) is 176 Å². The Bertz CT molecular complexity index is 1090. The summed E-state index contributed by atoms with van der Waals surface area (Å²) < 4.78 is 1.41. The van der Waals surface area contributed by atoms with Crippen LogP contribution < -0.4 is 0 Å². The van der Waals surface area contributed by atoms with E-state index in [1.807, 2.05) is 0 Å². The second kappa shape index (κ2) is 31.0. The first kappa shape index (κ1) is 46.0. The van der Waals surface area contributed by atoms with Crippen molar-refractivity contribution in [2.24, 2.45) is 0 Å². The summed E-state index contributed by atoms with van der Waals surface area (Å²) in [5.41, 5.74) is 19.0. The van der Waals surface area contributed by atoms with Crippen LogP contribution in [-0.2, 0) is 22.9 Å². The van der Waals surface area contributed by atoms with E-state index in [1.54, 1.807) is 0 Å². The molecule has 1 aliphatic rings. The van der Waals surface area contributed by atoms with Gasteiger partial charge < -0.3 is 19.4 Å². The Kier molecular flexibility index (Phi) is 29.7. The van der Waals surface area contributed by atoms with Crippen molar-refractivity contribution in [3.63, 3.8) is 0 Å². The van der Waals surface area contributed by atoms with Crippen molar-refractivity contribution in [2.75, 3.05) is 0 Å². The molecule has 2 nitrogen and oxygen atoms in total. The van der Waals surface area contributed by atoms with Gasteiger partial charge >= 0.3 is 16.5 Å². The first-order chi connectivity index (χ1) is 23.0. The fourth-order valence-electron chi connectivity index (χ4n) is 5.85. The van der Waals surface area contributed by atoms with Gasteiger partial charge in [0.1, 0.15) is 0 Å². The van der Waals surface area contributed by atoms with E-state index in [0.29, 0.717) is 0 Å². The summed E-state index contributed by atoms with van der Waals surface area (Å²) in [6, 6.07) is 17.2. The minimum absolute atomic E-state index is 0. The summed E-state index contributed by atoms with van der Waals surface area (Å²) in [5, 5.41) is 0. The summed E-state index contributed by atoms with van der Waals surface area (Å²) in [6.07, 6.45) is 30.4. The van der Waals surface area contributed by atoms with E-state index in [4.69, 9.17) is 0 Å². The molecule has 0 saturated carbocycles.